The average molecular weight is 158 g/mol. The first-order valence-corrected chi connectivity index (χ1v) is 4.30. The first-order chi connectivity index (χ1) is 5.24. The average Bonchev–Trinajstić information content (AvgIpc) is 1.93. The van der Waals surface area contributed by atoms with E-state index in [1.54, 1.807) is 0 Å². The van der Waals surface area contributed by atoms with E-state index in [-0.39, 0.29) is 6.10 Å². The highest BCUT2D eigenvalue weighted by Crippen LogP contribution is 2.16. The molecule has 0 aliphatic carbocycles. The van der Waals surface area contributed by atoms with Gasteiger partial charge in [-0.25, -0.2) is 0 Å². The lowest BCUT2D eigenvalue weighted by atomic mass is 10.0. The van der Waals surface area contributed by atoms with Crippen molar-refractivity contribution in [2.75, 3.05) is 26.7 Å². The second kappa shape index (κ2) is 4.04. The van der Waals surface area contributed by atoms with Crippen molar-refractivity contribution >= 4 is 0 Å². The van der Waals surface area contributed by atoms with Gasteiger partial charge in [0.1, 0.15) is 0 Å². The molecule has 2 N–H and O–H groups in total. The largest absolute Gasteiger partial charge is 0.392 e. The van der Waals surface area contributed by atoms with Crippen molar-refractivity contribution in [2.45, 2.75) is 25.5 Å². The summed E-state index contributed by atoms with van der Waals surface area (Å²) in [5.74, 6) is 0. The molecular formula is C8H18N2O. The molecule has 1 aliphatic heterocycles. The van der Waals surface area contributed by atoms with E-state index in [4.69, 9.17) is 5.11 Å². The summed E-state index contributed by atoms with van der Waals surface area (Å²) in [5, 5.41) is 12.3. The molecule has 0 saturated carbocycles. The van der Waals surface area contributed by atoms with Gasteiger partial charge in [0.2, 0.25) is 0 Å². The number of rotatable bonds is 4. The van der Waals surface area contributed by atoms with E-state index in [2.05, 4.69) is 10.2 Å². The number of likely N-dealkylation sites (tertiary alicyclic amines) is 1. The van der Waals surface area contributed by atoms with Gasteiger partial charge in [0.05, 0.1) is 6.10 Å². The fraction of sp³-hybridized carbons (Fsp3) is 1.00. The molecule has 0 amide bonds. The van der Waals surface area contributed by atoms with Crippen LogP contribution in [-0.2, 0) is 0 Å². The zero-order chi connectivity index (χ0) is 8.27. The number of likely N-dealkylation sites (N-methyl/N-ethyl adjacent to an activating group) is 1. The van der Waals surface area contributed by atoms with Crippen LogP contribution in [0, 0.1) is 0 Å². The van der Waals surface area contributed by atoms with Gasteiger partial charge in [-0.05, 0) is 20.4 Å². The Morgan fingerprint density at radius 1 is 1.73 bits per heavy atom. The van der Waals surface area contributed by atoms with Gasteiger partial charge in [0, 0.05) is 25.7 Å². The Morgan fingerprint density at radius 3 is 2.82 bits per heavy atom. The quantitative estimate of drug-likeness (QED) is 0.587. The minimum atomic E-state index is -0.186. The number of hydrogen-bond donors (Lipinski definition) is 2. The third-order valence-corrected chi connectivity index (χ3v) is 2.20. The van der Waals surface area contributed by atoms with Crippen LogP contribution < -0.4 is 5.32 Å². The Hall–Kier alpha value is -0.120. The van der Waals surface area contributed by atoms with Crippen molar-refractivity contribution in [3.63, 3.8) is 0 Å². The molecule has 0 bridgehead atoms. The van der Waals surface area contributed by atoms with E-state index in [9.17, 15) is 0 Å². The highest BCUT2D eigenvalue weighted by molar-refractivity contribution is 4.84. The van der Waals surface area contributed by atoms with Gasteiger partial charge in [0.15, 0.2) is 0 Å². The first-order valence-electron chi connectivity index (χ1n) is 4.30. The van der Waals surface area contributed by atoms with Crippen molar-refractivity contribution in [1.29, 1.82) is 0 Å². The van der Waals surface area contributed by atoms with Gasteiger partial charge in [-0.15, -0.1) is 0 Å². The summed E-state index contributed by atoms with van der Waals surface area (Å²) >= 11 is 0. The lowest BCUT2D eigenvalue weighted by Gasteiger charge is -2.41. The van der Waals surface area contributed by atoms with Crippen LogP contribution in [0.2, 0.25) is 0 Å². The Bertz CT molecular complexity index is 117. The Labute approximate surface area is 68.4 Å². The molecule has 11 heavy (non-hydrogen) atoms. The van der Waals surface area contributed by atoms with Crippen LogP contribution in [0.4, 0.5) is 0 Å². The fourth-order valence-electron chi connectivity index (χ4n) is 1.54. The van der Waals surface area contributed by atoms with Crippen LogP contribution in [0.25, 0.3) is 0 Å². The second-order valence-electron chi connectivity index (χ2n) is 3.34. The van der Waals surface area contributed by atoms with Crippen molar-refractivity contribution < 1.29 is 5.11 Å². The maximum Gasteiger partial charge on any atom is 0.0639 e. The Balaban J connectivity index is 2.15. The van der Waals surface area contributed by atoms with Crippen LogP contribution in [-0.4, -0.2) is 48.8 Å². The van der Waals surface area contributed by atoms with Crippen LogP contribution in [0.15, 0.2) is 0 Å². The third-order valence-electron chi connectivity index (χ3n) is 2.20. The van der Waals surface area contributed by atoms with Crippen LogP contribution in [0.3, 0.4) is 0 Å². The maximum absolute atomic E-state index is 9.11. The van der Waals surface area contributed by atoms with E-state index >= 15 is 0 Å². The van der Waals surface area contributed by atoms with E-state index in [0.29, 0.717) is 6.04 Å². The van der Waals surface area contributed by atoms with Crippen molar-refractivity contribution in [3.8, 4) is 0 Å². The van der Waals surface area contributed by atoms with Crippen molar-refractivity contribution in [3.05, 3.63) is 0 Å². The van der Waals surface area contributed by atoms with Crippen LogP contribution in [0.5, 0.6) is 0 Å². The van der Waals surface area contributed by atoms with Gasteiger partial charge in [-0.2, -0.15) is 0 Å². The zero-order valence-corrected chi connectivity index (χ0v) is 7.38. The molecule has 1 heterocycles. The Kier molecular flexibility index (Phi) is 3.30. The summed E-state index contributed by atoms with van der Waals surface area (Å²) < 4.78 is 0. The molecule has 0 aromatic carbocycles. The van der Waals surface area contributed by atoms with Crippen LogP contribution >= 0.6 is 0 Å². The molecule has 3 nitrogen and oxygen atoms in total. The third kappa shape index (κ3) is 2.43. The lowest BCUT2D eigenvalue weighted by Crippen LogP contribution is -2.54. The normalized spacial score (nSPS) is 28.1. The summed E-state index contributed by atoms with van der Waals surface area (Å²) in [6, 6.07) is 0.662. The van der Waals surface area contributed by atoms with Crippen molar-refractivity contribution in [1.82, 2.24) is 10.2 Å². The maximum atomic E-state index is 9.11. The van der Waals surface area contributed by atoms with E-state index in [1.807, 2.05) is 14.0 Å². The molecule has 0 spiro atoms. The predicted octanol–water partition coefficient (Wildman–Crippen LogP) is -0.339. The van der Waals surface area contributed by atoms with Gasteiger partial charge >= 0.3 is 0 Å². The number of β-amino-alcohol motifs (C(OH)–C–C–N with tert-alkyl or cyclic N) is 1. The van der Waals surface area contributed by atoms with E-state index in [1.165, 1.54) is 6.42 Å². The second-order valence-corrected chi connectivity index (χ2v) is 3.34. The van der Waals surface area contributed by atoms with E-state index in [0.717, 1.165) is 19.6 Å². The predicted molar refractivity (Wildman–Crippen MR) is 45.6 cm³/mol. The molecule has 0 radical (unpaired) electrons. The fourth-order valence-corrected chi connectivity index (χ4v) is 1.54. The molecule has 1 fully saturated rings. The first kappa shape index (κ1) is 8.97. The van der Waals surface area contributed by atoms with Gasteiger partial charge in [-0.1, -0.05) is 0 Å². The molecule has 3 heteroatoms. The summed E-state index contributed by atoms with van der Waals surface area (Å²) in [5.41, 5.74) is 0. The Morgan fingerprint density at radius 2 is 2.45 bits per heavy atom. The van der Waals surface area contributed by atoms with E-state index < -0.39 is 0 Å². The highest BCUT2D eigenvalue weighted by atomic mass is 16.3. The molecule has 1 aliphatic rings. The van der Waals surface area contributed by atoms with Crippen LogP contribution in [0.1, 0.15) is 13.3 Å². The monoisotopic (exact) mass is 158 g/mol. The number of hydrogen-bond acceptors (Lipinski definition) is 3. The van der Waals surface area contributed by atoms with Crippen molar-refractivity contribution in [2.24, 2.45) is 0 Å². The van der Waals surface area contributed by atoms with Gasteiger partial charge < -0.3 is 10.4 Å². The molecule has 1 rings (SSSR count). The molecular weight excluding hydrogens is 140 g/mol. The number of nitrogens with zero attached hydrogens (tertiary/aromatic N) is 1. The summed E-state index contributed by atoms with van der Waals surface area (Å²) in [6.07, 6.45) is 1.09. The standard InChI is InChI=1S/C8H18N2O/c1-7(11)6-10-4-3-8(10)5-9-2/h7-9,11H,3-6H2,1-2H3. The molecule has 66 valence electrons. The molecule has 0 aromatic heterocycles. The summed E-state index contributed by atoms with van der Waals surface area (Å²) in [4.78, 5) is 2.32. The minimum absolute atomic E-state index is 0.186. The SMILES string of the molecule is CNCC1CCN1CC(C)O. The summed E-state index contributed by atoms with van der Waals surface area (Å²) in [7, 11) is 1.97. The lowest BCUT2D eigenvalue weighted by molar-refractivity contribution is 0.0393. The number of aliphatic hydroxyl groups is 1. The zero-order valence-electron chi connectivity index (χ0n) is 7.38. The van der Waals surface area contributed by atoms with Gasteiger partial charge in [0.25, 0.3) is 0 Å². The smallest absolute Gasteiger partial charge is 0.0639 e. The molecule has 1 saturated heterocycles. The molecule has 2 atom stereocenters. The topological polar surface area (TPSA) is 35.5 Å². The molecule has 0 aromatic rings. The number of aliphatic hydroxyl groups excluding tert-OH is 1. The minimum Gasteiger partial charge on any atom is -0.392 e. The summed E-state index contributed by atoms with van der Waals surface area (Å²) in [6.45, 7) is 4.87. The highest BCUT2D eigenvalue weighted by Gasteiger charge is 2.27. The van der Waals surface area contributed by atoms with Gasteiger partial charge in [-0.3, -0.25) is 4.90 Å². The number of nitrogens with one attached hydrogen (secondary N) is 1. The molecule has 2 unspecified atom stereocenters.